The zero-order valence-electron chi connectivity index (χ0n) is 11.0. The van der Waals surface area contributed by atoms with Gasteiger partial charge >= 0.3 is 0 Å². The summed E-state index contributed by atoms with van der Waals surface area (Å²) in [6, 6.07) is 0.742. The number of hydrogen-bond donors (Lipinski definition) is 1. The monoisotopic (exact) mass is 245 g/mol. The zero-order chi connectivity index (χ0) is 11.8. The largest absolute Gasteiger partial charge is 0.380 e. The highest BCUT2D eigenvalue weighted by atomic mass is 32.2. The summed E-state index contributed by atoms with van der Waals surface area (Å²) in [5.74, 6) is 0.650. The van der Waals surface area contributed by atoms with Crippen LogP contribution in [0.1, 0.15) is 39.5 Å². The van der Waals surface area contributed by atoms with Crippen LogP contribution >= 0.6 is 11.8 Å². The molecule has 1 saturated carbocycles. The van der Waals surface area contributed by atoms with Crippen LogP contribution in [0.25, 0.3) is 0 Å². The lowest BCUT2D eigenvalue weighted by Crippen LogP contribution is -2.36. The summed E-state index contributed by atoms with van der Waals surface area (Å²) < 4.78 is 5.56. The SMILES string of the molecule is CSC1CCC(NCCOCC(C)C)CC1. The molecule has 0 radical (unpaired) electrons. The molecule has 0 amide bonds. The van der Waals surface area contributed by atoms with Crippen LogP contribution in [-0.2, 0) is 4.74 Å². The Morgan fingerprint density at radius 2 is 1.94 bits per heavy atom. The third-order valence-corrected chi connectivity index (χ3v) is 4.28. The van der Waals surface area contributed by atoms with Gasteiger partial charge in [-0.15, -0.1) is 0 Å². The maximum atomic E-state index is 5.56. The van der Waals surface area contributed by atoms with Crippen LogP contribution in [0.4, 0.5) is 0 Å². The Labute approximate surface area is 105 Å². The Hall–Kier alpha value is 0.270. The van der Waals surface area contributed by atoms with Crippen molar-refractivity contribution >= 4 is 11.8 Å². The van der Waals surface area contributed by atoms with Crippen LogP contribution in [0.5, 0.6) is 0 Å². The molecule has 1 aliphatic carbocycles. The molecule has 0 aromatic carbocycles. The van der Waals surface area contributed by atoms with Crippen molar-refractivity contribution in [2.75, 3.05) is 26.0 Å². The third-order valence-electron chi connectivity index (χ3n) is 3.14. The molecule has 1 rings (SSSR count). The first-order valence-corrected chi connectivity index (χ1v) is 7.85. The van der Waals surface area contributed by atoms with Crippen molar-refractivity contribution in [3.8, 4) is 0 Å². The molecule has 3 heteroatoms. The van der Waals surface area contributed by atoms with Crippen molar-refractivity contribution in [1.82, 2.24) is 5.32 Å². The van der Waals surface area contributed by atoms with E-state index in [-0.39, 0.29) is 0 Å². The van der Waals surface area contributed by atoms with Crippen molar-refractivity contribution in [2.24, 2.45) is 5.92 Å². The number of rotatable bonds is 7. The lowest BCUT2D eigenvalue weighted by molar-refractivity contribution is 0.109. The van der Waals surface area contributed by atoms with E-state index in [9.17, 15) is 0 Å². The van der Waals surface area contributed by atoms with Crippen molar-refractivity contribution in [2.45, 2.75) is 50.8 Å². The number of ether oxygens (including phenoxy) is 1. The second kappa shape index (κ2) is 8.37. The molecule has 1 N–H and O–H groups in total. The van der Waals surface area contributed by atoms with Gasteiger partial charge in [0.1, 0.15) is 0 Å². The normalized spacial score (nSPS) is 26.2. The van der Waals surface area contributed by atoms with Gasteiger partial charge in [-0.2, -0.15) is 11.8 Å². The van der Waals surface area contributed by atoms with Crippen molar-refractivity contribution in [3.63, 3.8) is 0 Å². The Morgan fingerprint density at radius 3 is 2.50 bits per heavy atom. The summed E-state index contributed by atoms with van der Waals surface area (Å²) in [4.78, 5) is 0. The van der Waals surface area contributed by atoms with Gasteiger partial charge in [-0.05, 0) is 37.9 Å². The van der Waals surface area contributed by atoms with Crippen LogP contribution in [0, 0.1) is 5.92 Å². The molecular weight excluding hydrogens is 218 g/mol. The van der Waals surface area contributed by atoms with Gasteiger partial charge < -0.3 is 10.1 Å². The molecule has 0 bridgehead atoms. The highest BCUT2D eigenvalue weighted by Crippen LogP contribution is 2.26. The van der Waals surface area contributed by atoms with Crippen LogP contribution in [-0.4, -0.2) is 37.3 Å². The van der Waals surface area contributed by atoms with Gasteiger partial charge in [0.25, 0.3) is 0 Å². The fourth-order valence-electron chi connectivity index (χ4n) is 2.16. The highest BCUT2D eigenvalue weighted by molar-refractivity contribution is 7.99. The first-order valence-electron chi connectivity index (χ1n) is 6.56. The van der Waals surface area contributed by atoms with Crippen LogP contribution < -0.4 is 5.32 Å². The molecule has 0 aromatic heterocycles. The average molecular weight is 245 g/mol. The van der Waals surface area contributed by atoms with E-state index in [1.54, 1.807) is 0 Å². The van der Waals surface area contributed by atoms with Gasteiger partial charge in [-0.1, -0.05) is 13.8 Å². The van der Waals surface area contributed by atoms with Gasteiger partial charge in [0.2, 0.25) is 0 Å². The quantitative estimate of drug-likeness (QED) is 0.697. The summed E-state index contributed by atoms with van der Waals surface area (Å²) in [7, 11) is 0. The summed E-state index contributed by atoms with van der Waals surface area (Å²) in [5.41, 5.74) is 0. The fraction of sp³-hybridized carbons (Fsp3) is 1.00. The Bertz CT molecular complexity index is 167. The zero-order valence-corrected chi connectivity index (χ0v) is 11.8. The van der Waals surface area contributed by atoms with E-state index < -0.39 is 0 Å². The minimum Gasteiger partial charge on any atom is -0.380 e. The molecule has 0 atom stereocenters. The first-order chi connectivity index (χ1) is 7.72. The molecule has 0 aliphatic heterocycles. The molecule has 16 heavy (non-hydrogen) atoms. The molecule has 1 aliphatic rings. The molecule has 0 heterocycles. The topological polar surface area (TPSA) is 21.3 Å². The Kier molecular flexibility index (Phi) is 7.50. The van der Waals surface area contributed by atoms with Crippen molar-refractivity contribution in [3.05, 3.63) is 0 Å². The molecule has 96 valence electrons. The average Bonchev–Trinajstić information content (AvgIpc) is 2.29. The van der Waals surface area contributed by atoms with Crippen molar-refractivity contribution in [1.29, 1.82) is 0 Å². The maximum Gasteiger partial charge on any atom is 0.0591 e. The van der Waals surface area contributed by atoms with E-state index in [0.717, 1.165) is 31.1 Å². The van der Waals surface area contributed by atoms with E-state index in [2.05, 4.69) is 25.4 Å². The summed E-state index contributed by atoms with van der Waals surface area (Å²) in [6.45, 7) is 7.15. The van der Waals surface area contributed by atoms with Gasteiger partial charge in [0.15, 0.2) is 0 Å². The first kappa shape index (κ1) is 14.3. The van der Waals surface area contributed by atoms with Gasteiger partial charge in [0, 0.05) is 24.4 Å². The number of thioether (sulfide) groups is 1. The molecule has 0 aromatic rings. The lowest BCUT2D eigenvalue weighted by Gasteiger charge is -2.28. The number of nitrogens with one attached hydrogen (secondary N) is 1. The van der Waals surface area contributed by atoms with E-state index in [1.807, 2.05) is 11.8 Å². The lowest BCUT2D eigenvalue weighted by atomic mass is 9.95. The molecule has 0 saturated heterocycles. The summed E-state index contributed by atoms with van der Waals surface area (Å²) in [5, 5.41) is 4.52. The second-order valence-electron chi connectivity index (χ2n) is 5.13. The Morgan fingerprint density at radius 1 is 1.25 bits per heavy atom. The molecule has 2 nitrogen and oxygen atoms in total. The van der Waals surface area contributed by atoms with Gasteiger partial charge in [0.05, 0.1) is 6.61 Å². The smallest absolute Gasteiger partial charge is 0.0591 e. The van der Waals surface area contributed by atoms with E-state index >= 15 is 0 Å². The van der Waals surface area contributed by atoms with Crippen LogP contribution in [0.15, 0.2) is 0 Å². The molecule has 0 spiro atoms. The second-order valence-corrected chi connectivity index (χ2v) is 6.27. The van der Waals surface area contributed by atoms with Gasteiger partial charge in [-0.25, -0.2) is 0 Å². The standard InChI is InChI=1S/C13H27NOS/c1-11(2)10-15-9-8-14-12-4-6-13(16-3)7-5-12/h11-14H,4-10H2,1-3H3. The van der Waals surface area contributed by atoms with E-state index in [1.165, 1.54) is 25.7 Å². The minimum atomic E-state index is 0.650. The minimum absolute atomic E-state index is 0.650. The molecular formula is C13H27NOS. The van der Waals surface area contributed by atoms with Crippen LogP contribution in [0.3, 0.4) is 0 Å². The maximum absolute atomic E-state index is 5.56. The van der Waals surface area contributed by atoms with E-state index in [4.69, 9.17) is 4.74 Å². The fourth-order valence-corrected chi connectivity index (χ4v) is 2.90. The molecule has 0 unspecified atom stereocenters. The molecule has 1 fully saturated rings. The summed E-state index contributed by atoms with van der Waals surface area (Å²) in [6.07, 6.45) is 7.68. The summed E-state index contributed by atoms with van der Waals surface area (Å²) >= 11 is 2.03. The van der Waals surface area contributed by atoms with Gasteiger partial charge in [-0.3, -0.25) is 0 Å². The predicted molar refractivity (Wildman–Crippen MR) is 73.2 cm³/mol. The van der Waals surface area contributed by atoms with Crippen molar-refractivity contribution < 1.29 is 4.74 Å². The predicted octanol–water partition coefficient (Wildman–Crippen LogP) is 2.92. The number of hydrogen-bond acceptors (Lipinski definition) is 3. The Balaban J connectivity index is 1.94. The highest BCUT2D eigenvalue weighted by Gasteiger charge is 2.19. The van der Waals surface area contributed by atoms with E-state index in [0.29, 0.717) is 5.92 Å². The van der Waals surface area contributed by atoms with Crippen LogP contribution in [0.2, 0.25) is 0 Å². The third kappa shape index (κ3) is 6.12.